The summed E-state index contributed by atoms with van der Waals surface area (Å²) in [4.78, 5) is 14.6. The zero-order valence-electron chi connectivity index (χ0n) is 22.0. The van der Waals surface area contributed by atoms with E-state index in [2.05, 4.69) is 79.7 Å². The van der Waals surface area contributed by atoms with Crippen LogP contribution in [0.2, 0.25) is 0 Å². The zero-order chi connectivity index (χ0) is 26.4. The first-order valence-electron chi connectivity index (χ1n) is 13.3. The molecular formula is C36H29N3. The van der Waals surface area contributed by atoms with E-state index in [-0.39, 0.29) is 0 Å². The van der Waals surface area contributed by atoms with Crippen molar-refractivity contribution in [2.75, 3.05) is 0 Å². The molecule has 0 atom stereocenters. The highest BCUT2D eigenvalue weighted by molar-refractivity contribution is 5.71. The van der Waals surface area contributed by atoms with Crippen LogP contribution in [0.15, 0.2) is 133 Å². The van der Waals surface area contributed by atoms with Crippen LogP contribution in [0.5, 0.6) is 0 Å². The zero-order valence-corrected chi connectivity index (χ0v) is 22.0. The highest BCUT2D eigenvalue weighted by atomic mass is 15.0. The highest BCUT2D eigenvalue weighted by Gasteiger charge is 2.13. The molecule has 1 aromatic heterocycles. The number of aryl methyl sites for hydroxylation is 3. The molecule has 0 aliphatic carbocycles. The van der Waals surface area contributed by atoms with Gasteiger partial charge in [0.25, 0.3) is 0 Å². The van der Waals surface area contributed by atoms with Crippen molar-refractivity contribution in [1.82, 2.24) is 15.0 Å². The van der Waals surface area contributed by atoms with Gasteiger partial charge in [-0.2, -0.15) is 0 Å². The van der Waals surface area contributed by atoms with Crippen molar-refractivity contribution in [3.63, 3.8) is 0 Å². The quantitative estimate of drug-likeness (QED) is 0.219. The lowest BCUT2D eigenvalue weighted by Gasteiger charge is -2.13. The second-order valence-electron chi connectivity index (χ2n) is 9.71. The Kier molecular flexibility index (Phi) is 7.05. The summed E-state index contributed by atoms with van der Waals surface area (Å²) in [5.74, 6) is 2.04. The van der Waals surface area contributed by atoms with E-state index in [0.717, 1.165) is 29.5 Å². The molecule has 0 aliphatic rings. The molecule has 0 unspecified atom stereocenters. The molecule has 0 saturated carbocycles. The molecule has 6 aromatic rings. The first kappa shape index (κ1) is 24.4. The fraction of sp³-hybridized carbons (Fsp3) is 0.0833. The van der Waals surface area contributed by atoms with Gasteiger partial charge in [-0.1, -0.05) is 127 Å². The van der Waals surface area contributed by atoms with Gasteiger partial charge < -0.3 is 0 Å². The Morgan fingerprint density at radius 1 is 0.436 bits per heavy atom. The van der Waals surface area contributed by atoms with E-state index < -0.39 is 0 Å². The summed E-state index contributed by atoms with van der Waals surface area (Å²) in [6.45, 7) is 2.18. The minimum absolute atomic E-state index is 0.678. The molecule has 0 N–H and O–H groups in total. The highest BCUT2D eigenvalue weighted by Crippen LogP contribution is 2.29. The van der Waals surface area contributed by atoms with Crippen LogP contribution in [0.1, 0.15) is 16.7 Å². The first-order chi connectivity index (χ1) is 19.2. The monoisotopic (exact) mass is 503 g/mol. The maximum absolute atomic E-state index is 4.90. The summed E-state index contributed by atoms with van der Waals surface area (Å²) >= 11 is 0. The van der Waals surface area contributed by atoms with Crippen LogP contribution < -0.4 is 0 Å². The van der Waals surface area contributed by atoms with Gasteiger partial charge in [-0.15, -0.1) is 0 Å². The fourth-order valence-corrected chi connectivity index (χ4v) is 4.96. The summed E-state index contributed by atoms with van der Waals surface area (Å²) in [5, 5.41) is 0. The Balaban J connectivity index is 1.33. The lowest BCUT2D eigenvalue weighted by molar-refractivity contribution is 0.961. The van der Waals surface area contributed by atoms with Gasteiger partial charge in [0.15, 0.2) is 17.5 Å². The van der Waals surface area contributed by atoms with E-state index >= 15 is 0 Å². The molecule has 0 bridgehead atoms. The predicted molar refractivity (Wildman–Crippen MR) is 160 cm³/mol. The molecule has 0 aliphatic heterocycles. The molecule has 1 heterocycles. The van der Waals surface area contributed by atoms with Gasteiger partial charge in [0.2, 0.25) is 0 Å². The van der Waals surface area contributed by atoms with Gasteiger partial charge in [-0.05, 0) is 53.6 Å². The minimum atomic E-state index is 0.678. The maximum atomic E-state index is 4.90. The molecule has 5 aromatic carbocycles. The van der Waals surface area contributed by atoms with Gasteiger partial charge in [0.05, 0.1) is 0 Å². The molecular weight excluding hydrogens is 474 g/mol. The summed E-state index contributed by atoms with van der Waals surface area (Å²) in [5.41, 5.74) is 9.47. The topological polar surface area (TPSA) is 38.7 Å². The molecule has 0 fully saturated rings. The predicted octanol–water partition coefficient (Wildman–Crippen LogP) is 8.63. The van der Waals surface area contributed by atoms with Crippen molar-refractivity contribution in [3.8, 4) is 45.3 Å². The third-order valence-electron chi connectivity index (χ3n) is 7.02. The van der Waals surface area contributed by atoms with Crippen LogP contribution in [0.25, 0.3) is 45.3 Å². The number of hydrogen-bond acceptors (Lipinski definition) is 3. The third kappa shape index (κ3) is 5.53. The normalized spacial score (nSPS) is 10.9. The summed E-state index contributed by atoms with van der Waals surface area (Å²) in [6.07, 6.45) is 1.88. The van der Waals surface area contributed by atoms with E-state index in [9.17, 15) is 0 Å². The van der Waals surface area contributed by atoms with Crippen molar-refractivity contribution in [2.24, 2.45) is 0 Å². The maximum Gasteiger partial charge on any atom is 0.164 e. The number of benzene rings is 5. The lowest BCUT2D eigenvalue weighted by atomic mass is 9.92. The van der Waals surface area contributed by atoms with Crippen LogP contribution in [0, 0.1) is 6.92 Å². The Morgan fingerprint density at radius 3 is 1.59 bits per heavy atom. The Morgan fingerprint density at radius 2 is 0.949 bits per heavy atom. The molecule has 0 spiro atoms. The average Bonchev–Trinajstić information content (AvgIpc) is 3.01. The van der Waals surface area contributed by atoms with Gasteiger partial charge >= 0.3 is 0 Å². The van der Waals surface area contributed by atoms with Gasteiger partial charge in [0.1, 0.15) is 0 Å². The number of aromatic nitrogens is 3. The van der Waals surface area contributed by atoms with Crippen LogP contribution >= 0.6 is 0 Å². The van der Waals surface area contributed by atoms with E-state index in [0.29, 0.717) is 17.5 Å². The lowest BCUT2D eigenvalue weighted by Crippen LogP contribution is -2.01. The Hall–Kier alpha value is -4.89. The van der Waals surface area contributed by atoms with Gasteiger partial charge in [-0.25, -0.2) is 15.0 Å². The number of nitrogens with zero attached hydrogens (tertiary/aromatic N) is 3. The third-order valence-corrected chi connectivity index (χ3v) is 7.02. The average molecular weight is 504 g/mol. The largest absolute Gasteiger partial charge is 0.208 e. The molecule has 188 valence electrons. The van der Waals surface area contributed by atoms with Crippen molar-refractivity contribution in [3.05, 3.63) is 150 Å². The molecule has 3 nitrogen and oxygen atoms in total. The molecule has 3 heteroatoms. The number of rotatable bonds is 7. The van der Waals surface area contributed by atoms with E-state index in [4.69, 9.17) is 15.0 Å². The molecule has 0 radical (unpaired) electrons. The van der Waals surface area contributed by atoms with Crippen LogP contribution in [-0.4, -0.2) is 15.0 Å². The number of hydrogen-bond donors (Lipinski definition) is 0. The molecule has 0 saturated heterocycles. The van der Waals surface area contributed by atoms with Crippen molar-refractivity contribution in [2.45, 2.75) is 19.8 Å². The van der Waals surface area contributed by atoms with Crippen LogP contribution in [0.4, 0.5) is 0 Å². The summed E-state index contributed by atoms with van der Waals surface area (Å²) in [7, 11) is 0. The van der Waals surface area contributed by atoms with Crippen LogP contribution in [0.3, 0.4) is 0 Å². The van der Waals surface area contributed by atoms with Crippen molar-refractivity contribution < 1.29 is 0 Å². The Bertz CT molecular complexity index is 1650. The first-order valence-corrected chi connectivity index (χ1v) is 13.3. The minimum Gasteiger partial charge on any atom is -0.208 e. The SMILES string of the molecule is Cc1ccccc1-c1ccccc1CCc1cccc(-c2nc(-c3ccccc3)nc(-c3ccccc3)n2)c1. The van der Waals surface area contributed by atoms with E-state index in [1.807, 2.05) is 60.7 Å². The van der Waals surface area contributed by atoms with Gasteiger partial charge in [0, 0.05) is 16.7 Å². The summed E-state index contributed by atoms with van der Waals surface area (Å²) in [6, 6.07) is 46.1. The second kappa shape index (κ2) is 11.2. The van der Waals surface area contributed by atoms with E-state index in [1.165, 1.54) is 27.8 Å². The Labute approximate surface area is 229 Å². The standard InChI is InChI=1S/C36H29N3/c1-26-13-8-10-21-32(26)33-22-11-9-15-28(33)24-23-27-14-12-20-31(25-27)36-38-34(29-16-4-2-5-17-29)37-35(39-36)30-18-6-3-7-19-30/h2-22,25H,23-24H2,1H3. The summed E-state index contributed by atoms with van der Waals surface area (Å²) < 4.78 is 0. The fourth-order valence-electron chi connectivity index (χ4n) is 4.96. The second-order valence-corrected chi connectivity index (χ2v) is 9.71. The van der Waals surface area contributed by atoms with E-state index in [1.54, 1.807) is 0 Å². The van der Waals surface area contributed by atoms with Crippen molar-refractivity contribution in [1.29, 1.82) is 0 Å². The van der Waals surface area contributed by atoms with Gasteiger partial charge in [-0.3, -0.25) is 0 Å². The molecule has 6 rings (SSSR count). The smallest absolute Gasteiger partial charge is 0.164 e. The molecule has 0 amide bonds. The van der Waals surface area contributed by atoms with Crippen molar-refractivity contribution >= 4 is 0 Å². The molecule has 39 heavy (non-hydrogen) atoms. The van der Waals surface area contributed by atoms with Crippen LogP contribution in [-0.2, 0) is 12.8 Å².